The molecule has 10 nitrogen and oxygen atoms in total. The number of carbonyl (C=O) groups is 2. The topological polar surface area (TPSA) is 157 Å². The maximum Gasteiger partial charge on any atom is 0.321 e. The number of rotatable bonds is 10. The molecule has 10 heteroatoms. The van der Waals surface area contributed by atoms with Crippen LogP contribution in [-0.4, -0.2) is 48.1 Å². The van der Waals surface area contributed by atoms with Gasteiger partial charge in [-0.3, -0.25) is 19.7 Å². The molecule has 1 atom stereocenters. The monoisotopic (exact) mass is 340 g/mol. The van der Waals surface area contributed by atoms with E-state index in [1.165, 1.54) is 25.3 Å². The highest BCUT2D eigenvalue weighted by Crippen LogP contribution is 2.29. The highest BCUT2D eigenvalue weighted by Gasteiger charge is 2.21. The summed E-state index contributed by atoms with van der Waals surface area (Å²) in [7, 11) is 1.31. The summed E-state index contributed by atoms with van der Waals surface area (Å²) in [6, 6.07) is 2.66. The standard InChI is InChI=1S/C14H20N4O6/c1-24-12-7-9(18(22)23)3-4-10(12)17-13(19)8-11(14(20)21)16-6-2-5-15/h3-4,7,11,16H,2,5-6,8,15H2,1H3,(H,17,19)(H,20,21)/t11-/m0/s1. The minimum atomic E-state index is -1.15. The highest BCUT2D eigenvalue weighted by atomic mass is 16.6. The van der Waals surface area contributed by atoms with Gasteiger partial charge in [0.1, 0.15) is 11.8 Å². The second kappa shape index (κ2) is 9.43. The van der Waals surface area contributed by atoms with Crippen molar-refractivity contribution >= 4 is 23.3 Å². The molecule has 0 bridgehead atoms. The van der Waals surface area contributed by atoms with Gasteiger partial charge in [-0.2, -0.15) is 0 Å². The molecule has 0 aliphatic carbocycles. The van der Waals surface area contributed by atoms with Crippen molar-refractivity contribution in [3.63, 3.8) is 0 Å². The van der Waals surface area contributed by atoms with Gasteiger partial charge in [0.05, 0.1) is 30.2 Å². The van der Waals surface area contributed by atoms with E-state index in [4.69, 9.17) is 15.6 Å². The van der Waals surface area contributed by atoms with Crippen molar-refractivity contribution in [2.45, 2.75) is 18.9 Å². The third-order valence-corrected chi connectivity index (χ3v) is 3.13. The fourth-order valence-electron chi connectivity index (χ4n) is 1.91. The summed E-state index contributed by atoms with van der Waals surface area (Å²) in [5.74, 6) is -1.60. The average Bonchev–Trinajstić information content (AvgIpc) is 2.54. The Kier molecular flexibility index (Phi) is 7.59. The Morgan fingerprint density at radius 1 is 1.46 bits per heavy atom. The number of nitrogens with two attached hydrogens (primary N) is 1. The van der Waals surface area contributed by atoms with Crippen LogP contribution in [-0.2, 0) is 9.59 Å². The quantitative estimate of drug-likeness (QED) is 0.269. The van der Waals surface area contributed by atoms with E-state index >= 15 is 0 Å². The van der Waals surface area contributed by atoms with Gasteiger partial charge in [0.25, 0.3) is 5.69 Å². The van der Waals surface area contributed by atoms with Crippen LogP contribution in [0, 0.1) is 10.1 Å². The van der Waals surface area contributed by atoms with E-state index in [-0.39, 0.29) is 23.5 Å². The van der Waals surface area contributed by atoms with Gasteiger partial charge in [-0.25, -0.2) is 0 Å². The minimum Gasteiger partial charge on any atom is -0.494 e. The fourth-order valence-corrected chi connectivity index (χ4v) is 1.91. The number of nitrogens with one attached hydrogen (secondary N) is 2. The van der Waals surface area contributed by atoms with E-state index in [9.17, 15) is 19.7 Å². The number of benzene rings is 1. The van der Waals surface area contributed by atoms with Gasteiger partial charge in [0.2, 0.25) is 5.91 Å². The van der Waals surface area contributed by atoms with Gasteiger partial charge in [0.15, 0.2) is 0 Å². The zero-order chi connectivity index (χ0) is 18.1. The molecule has 5 N–H and O–H groups in total. The van der Waals surface area contributed by atoms with Crippen molar-refractivity contribution in [1.29, 1.82) is 0 Å². The summed E-state index contributed by atoms with van der Waals surface area (Å²) in [6.07, 6.45) is 0.279. The third-order valence-electron chi connectivity index (χ3n) is 3.13. The highest BCUT2D eigenvalue weighted by molar-refractivity contribution is 5.95. The van der Waals surface area contributed by atoms with E-state index < -0.39 is 22.8 Å². The van der Waals surface area contributed by atoms with Crippen LogP contribution in [0.2, 0.25) is 0 Å². The largest absolute Gasteiger partial charge is 0.494 e. The molecule has 132 valence electrons. The van der Waals surface area contributed by atoms with Gasteiger partial charge in [-0.15, -0.1) is 0 Å². The second-order valence-electron chi connectivity index (χ2n) is 4.88. The van der Waals surface area contributed by atoms with Crippen molar-refractivity contribution in [1.82, 2.24) is 5.32 Å². The fraction of sp³-hybridized carbons (Fsp3) is 0.429. The van der Waals surface area contributed by atoms with E-state index in [2.05, 4.69) is 10.6 Å². The molecule has 0 aliphatic heterocycles. The summed E-state index contributed by atoms with van der Waals surface area (Å²) >= 11 is 0. The van der Waals surface area contributed by atoms with Gasteiger partial charge >= 0.3 is 5.97 Å². The number of nitrogens with zero attached hydrogens (tertiary/aromatic N) is 1. The maximum atomic E-state index is 12.0. The normalized spacial score (nSPS) is 11.6. The maximum absolute atomic E-state index is 12.0. The Balaban J connectivity index is 2.75. The smallest absolute Gasteiger partial charge is 0.321 e. The van der Waals surface area contributed by atoms with Gasteiger partial charge in [0, 0.05) is 6.07 Å². The van der Waals surface area contributed by atoms with Crippen LogP contribution >= 0.6 is 0 Å². The number of carbonyl (C=O) groups excluding carboxylic acids is 1. The first-order valence-electron chi connectivity index (χ1n) is 7.17. The molecule has 0 saturated heterocycles. The van der Waals surface area contributed by atoms with Crippen LogP contribution in [0.1, 0.15) is 12.8 Å². The molecule has 0 aromatic heterocycles. The lowest BCUT2D eigenvalue weighted by Crippen LogP contribution is -2.40. The number of aliphatic carboxylic acids is 1. The molecular formula is C14H20N4O6. The Hall–Kier alpha value is -2.72. The number of methoxy groups -OCH3 is 1. The molecule has 1 aromatic rings. The molecule has 1 amide bonds. The molecule has 0 radical (unpaired) electrons. The number of carboxylic acid groups (broad SMARTS) is 1. The Morgan fingerprint density at radius 3 is 2.71 bits per heavy atom. The second-order valence-corrected chi connectivity index (χ2v) is 4.88. The number of ether oxygens (including phenoxy) is 1. The summed E-state index contributed by atoms with van der Waals surface area (Å²) in [5, 5.41) is 25.1. The minimum absolute atomic E-state index is 0.112. The molecule has 1 aromatic carbocycles. The Morgan fingerprint density at radius 2 is 2.17 bits per heavy atom. The van der Waals surface area contributed by atoms with Crippen molar-refractivity contribution in [2.75, 3.05) is 25.5 Å². The first-order valence-corrected chi connectivity index (χ1v) is 7.17. The molecular weight excluding hydrogens is 320 g/mol. The van der Waals surface area contributed by atoms with Crippen LogP contribution in [0.25, 0.3) is 0 Å². The Bertz CT molecular complexity index is 607. The van der Waals surface area contributed by atoms with Crippen molar-refractivity contribution in [3.05, 3.63) is 28.3 Å². The van der Waals surface area contributed by atoms with Crippen LogP contribution in [0.5, 0.6) is 5.75 Å². The number of nitro groups is 1. The van der Waals surface area contributed by atoms with Gasteiger partial charge in [-0.05, 0) is 25.6 Å². The number of nitro benzene ring substituents is 1. The van der Waals surface area contributed by atoms with Crippen molar-refractivity contribution < 1.29 is 24.4 Å². The van der Waals surface area contributed by atoms with E-state index in [1.54, 1.807) is 0 Å². The molecule has 1 rings (SSSR count). The van der Waals surface area contributed by atoms with Gasteiger partial charge in [-0.1, -0.05) is 0 Å². The molecule has 0 unspecified atom stereocenters. The van der Waals surface area contributed by atoms with Crippen molar-refractivity contribution in [3.8, 4) is 5.75 Å². The first-order chi connectivity index (χ1) is 11.4. The van der Waals surface area contributed by atoms with Crippen LogP contribution in [0.4, 0.5) is 11.4 Å². The average molecular weight is 340 g/mol. The summed E-state index contributed by atoms with van der Waals surface area (Å²) < 4.78 is 5.00. The number of hydrogen-bond donors (Lipinski definition) is 4. The van der Waals surface area contributed by atoms with Crippen LogP contribution < -0.4 is 21.1 Å². The zero-order valence-corrected chi connectivity index (χ0v) is 13.2. The first kappa shape index (κ1) is 19.3. The predicted molar refractivity (Wildman–Crippen MR) is 86.0 cm³/mol. The van der Waals surface area contributed by atoms with E-state index in [1.807, 2.05) is 0 Å². The molecule has 0 saturated carbocycles. The lowest BCUT2D eigenvalue weighted by molar-refractivity contribution is -0.384. The number of hydrogen-bond acceptors (Lipinski definition) is 7. The summed E-state index contributed by atoms with van der Waals surface area (Å²) in [4.78, 5) is 33.3. The lowest BCUT2D eigenvalue weighted by Gasteiger charge is -2.15. The Labute approximate surface area is 138 Å². The number of amides is 1. The predicted octanol–water partition coefficient (Wildman–Crippen LogP) is 0.324. The molecule has 0 fully saturated rings. The molecule has 24 heavy (non-hydrogen) atoms. The third kappa shape index (κ3) is 5.82. The number of non-ortho nitro benzene ring substituents is 1. The van der Waals surface area contributed by atoms with Gasteiger partial charge < -0.3 is 26.2 Å². The molecule has 0 aliphatic rings. The van der Waals surface area contributed by atoms with Crippen molar-refractivity contribution in [2.24, 2.45) is 5.73 Å². The lowest BCUT2D eigenvalue weighted by atomic mass is 10.2. The SMILES string of the molecule is COc1cc([N+](=O)[O-])ccc1NC(=O)C[C@H](NCCCN)C(=O)O. The van der Waals surface area contributed by atoms with E-state index in [0.29, 0.717) is 19.5 Å². The van der Waals surface area contributed by atoms with Crippen LogP contribution in [0.3, 0.4) is 0 Å². The summed E-state index contributed by atoms with van der Waals surface area (Å²) in [5.41, 5.74) is 5.37. The van der Waals surface area contributed by atoms with E-state index in [0.717, 1.165) is 0 Å². The number of anilines is 1. The zero-order valence-electron chi connectivity index (χ0n) is 13.2. The van der Waals surface area contributed by atoms with Crippen LogP contribution in [0.15, 0.2) is 18.2 Å². The molecule has 0 heterocycles. The summed E-state index contributed by atoms with van der Waals surface area (Å²) in [6.45, 7) is 0.785. The molecule has 0 spiro atoms. The number of carboxylic acids is 1.